The molecule has 1 fully saturated rings. The van der Waals surface area contributed by atoms with E-state index in [0.29, 0.717) is 24.5 Å². The first-order valence-corrected chi connectivity index (χ1v) is 5.74. The molecule has 6 nitrogen and oxygen atoms in total. The topological polar surface area (TPSA) is 84.2 Å². The van der Waals surface area contributed by atoms with Gasteiger partial charge in [0.15, 0.2) is 5.69 Å². The molecule has 1 aliphatic rings. The zero-order chi connectivity index (χ0) is 12.6. The van der Waals surface area contributed by atoms with E-state index in [9.17, 15) is 4.79 Å². The van der Waals surface area contributed by atoms with E-state index in [2.05, 4.69) is 10.2 Å². The number of H-pyrrole nitrogens is 1. The Kier molecular flexibility index (Phi) is 3.06. The number of nitrogens with zero attached hydrogens (tertiary/aromatic N) is 2. The van der Waals surface area contributed by atoms with Crippen molar-refractivity contribution in [3.8, 4) is 0 Å². The third kappa shape index (κ3) is 2.26. The molecule has 1 aliphatic heterocycles. The van der Waals surface area contributed by atoms with E-state index in [-0.39, 0.29) is 18.1 Å². The SMILES string of the molecule is Cc1[nH]nc(C(=O)N2CC(C)OC(C)C2)c1N. The van der Waals surface area contributed by atoms with Gasteiger partial charge in [0.1, 0.15) is 0 Å². The van der Waals surface area contributed by atoms with Crippen molar-refractivity contribution in [2.45, 2.75) is 33.0 Å². The van der Waals surface area contributed by atoms with Crippen LogP contribution in [0.4, 0.5) is 5.69 Å². The smallest absolute Gasteiger partial charge is 0.276 e. The van der Waals surface area contributed by atoms with Crippen LogP contribution in [-0.4, -0.2) is 46.3 Å². The van der Waals surface area contributed by atoms with Crippen LogP contribution in [0.25, 0.3) is 0 Å². The van der Waals surface area contributed by atoms with Crippen molar-refractivity contribution in [1.29, 1.82) is 0 Å². The Balaban J connectivity index is 2.17. The van der Waals surface area contributed by atoms with Gasteiger partial charge >= 0.3 is 0 Å². The van der Waals surface area contributed by atoms with E-state index < -0.39 is 0 Å². The van der Waals surface area contributed by atoms with Crippen molar-refractivity contribution in [2.24, 2.45) is 0 Å². The zero-order valence-electron chi connectivity index (χ0n) is 10.4. The minimum absolute atomic E-state index is 0.0453. The molecular formula is C11H18N4O2. The molecule has 2 heterocycles. The monoisotopic (exact) mass is 238 g/mol. The number of hydrogen-bond donors (Lipinski definition) is 2. The molecule has 2 unspecified atom stereocenters. The van der Waals surface area contributed by atoms with Gasteiger partial charge in [0, 0.05) is 13.1 Å². The number of amides is 1. The molecule has 0 radical (unpaired) electrons. The number of anilines is 1. The fourth-order valence-corrected chi connectivity index (χ4v) is 2.09. The first-order valence-electron chi connectivity index (χ1n) is 5.74. The van der Waals surface area contributed by atoms with E-state index >= 15 is 0 Å². The van der Waals surface area contributed by atoms with Gasteiger partial charge in [0.25, 0.3) is 5.91 Å². The van der Waals surface area contributed by atoms with Gasteiger partial charge in [-0.05, 0) is 20.8 Å². The summed E-state index contributed by atoms with van der Waals surface area (Å²) in [5.41, 5.74) is 7.27. The minimum Gasteiger partial charge on any atom is -0.395 e. The quantitative estimate of drug-likeness (QED) is 0.748. The Morgan fingerprint density at radius 2 is 2.06 bits per heavy atom. The number of nitrogens with one attached hydrogen (secondary N) is 1. The molecule has 1 saturated heterocycles. The highest BCUT2D eigenvalue weighted by atomic mass is 16.5. The normalized spacial score (nSPS) is 25.0. The Bertz CT molecular complexity index is 419. The van der Waals surface area contributed by atoms with Gasteiger partial charge in [-0.2, -0.15) is 5.10 Å². The Morgan fingerprint density at radius 3 is 2.53 bits per heavy atom. The third-order valence-electron chi connectivity index (χ3n) is 2.90. The number of rotatable bonds is 1. The molecule has 1 aromatic heterocycles. The van der Waals surface area contributed by atoms with E-state index in [1.54, 1.807) is 11.8 Å². The van der Waals surface area contributed by atoms with Gasteiger partial charge in [0.2, 0.25) is 0 Å². The second-order valence-electron chi connectivity index (χ2n) is 4.58. The second-order valence-corrected chi connectivity index (χ2v) is 4.58. The number of hydrogen-bond acceptors (Lipinski definition) is 4. The van der Waals surface area contributed by atoms with Crippen LogP contribution in [0.15, 0.2) is 0 Å². The lowest BCUT2D eigenvalue weighted by atomic mass is 10.2. The lowest BCUT2D eigenvalue weighted by molar-refractivity contribution is -0.0587. The first kappa shape index (κ1) is 11.9. The Morgan fingerprint density at radius 1 is 1.47 bits per heavy atom. The molecular weight excluding hydrogens is 220 g/mol. The maximum absolute atomic E-state index is 12.2. The number of morpholine rings is 1. The highest BCUT2D eigenvalue weighted by Crippen LogP contribution is 2.18. The molecule has 1 aromatic rings. The van der Waals surface area contributed by atoms with Crippen LogP contribution in [-0.2, 0) is 4.74 Å². The van der Waals surface area contributed by atoms with Crippen LogP contribution in [0.5, 0.6) is 0 Å². The molecule has 0 saturated carbocycles. The number of carbonyl (C=O) groups is 1. The van der Waals surface area contributed by atoms with Crippen molar-refractivity contribution < 1.29 is 9.53 Å². The highest BCUT2D eigenvalue weighted by molar-refractivity contribution is 5.97. The molecule has 0 spiro atoms. The molecule has 0 aliphatic carbocycles. The maximum Gasteiger partial charge on any atom is 0.276 e. The second kappa shape index (κ2) is 4.37. The fraction of sp³-hybridized carbons (Fsp3) is 0.636. The fourth-order valence-electron chi connectivity index (χ4n) is 2.09. The van der Waals surface area contributed by atoms with Crippen molar-refractivity contribution in [2.75, 3.05) is 18.8 Å². The minimum atomic E-state index is -0.131. The van der Waals surface area contributed by atoms with Crippen LogP contribution in [0.1, 0.15) is 30.0 Å². The summed E-state index contributed by atoms with van der Waals surface area (Å²) in [7, 11) is 0. The molecule has 0 bridgehead atoms. The van der Waals surface area contributed by atoms with Crippen LogP contribution in [0.2, 0.25) is 0 Å². The van der Waals surface area contributed by atoms with Crippen molar-refractivity contribution in [1.82, 2.24) is 15.1 Å². The van der Waals surface area contributed by atoms with Crippen LogP contribution in [0.3, 0.4) is 0 Å². The summed E-state index contributed by atoms with van der Waals surface area (Å²) in [5.74, 6) is -0.131. The summed E-state index contributed by atoms with van der Waals surface area (Å²) < 4.78 is 5.58. The molecule has 2 rings (SSSR count). The summed E-state index contributed by atoms with van der Waals surface area (Å²) in [6, 6.07) is 0. The van der Waals surface area contributed by atoms with Gasteiger partial charge in [-0.15, -0.1) is 0 Å². The first-order chi connectivity index (χ1) is 7.99. The number of aromatic amines is 1. The predicted molar refractivity (Wildman–Crippen MR) is 63.6 cm³/mol. The van der Waals surface area contributed by atoms with Crippen molar-refractivity contribution in [3.05, 3.63) is 11.4 Å². The molecule has 0 aromatic carbocycles. The van der Waals surface area contributed by atoms with E-state index in [1.165, 1.54) is 0 Å². The molecule has 3 N–H and O–H groups in total. The van der Waals surface area contributed by atoms with Crippen LogP contribution < -0.4 is 5.73 Å². The van der Waals surface area contributed by atoms with Crippen molar-refractivity contribution in [3.63, 3.8) is 0 Å². The Hall–Kier alpha value is -1.56. The van der Waals surface area contributed by atoms with Gasteiger partial charge in [-0.1, -0.05) is 0 Å². The average molecular weight is 238 g/mol. The van der Waals surface area contributed by atoms with Gasteiger partial charge in [-0.25, -0.2) is 0 Å². The van der Waals surface area contributed by atoms with Gasteiger partial charge in [-0.3, -0.25) is 9.89 Å². The largest absolute Gasteiger partial charge is 0.395 e. The summed E-state index contributed by atoms with van der Waals surface area (Å²) in [5, 5.41) is 6.68. The molecule has 94 valence electrons. The zero-order valence-corrected chi connectivity index (χ0v) is 10.4. The predicted octanol–water partition coefficient (Wildman–Crippen LogP) is 0.550. The number of aromatic nitrogens is 2. The maximum atomic E-state index is 12.2. The molecule has 6 heteroatoms. The summed E-state index contributed by atoms with van der Waals surface area (Å²) in [6.07, 6.45) is 0.0907. The number of ether oxygens (including phenoxy) is 1. The molecule has 1 amide bonds. The Labute approximate surface area is 100 Å². The van der Waals surface area contributed by atoms with Gasteiger partial charge < -0.3 is 15.4 Å². The van der Waals surface area contributed by atoms with Gasteiger partial charge in [0.05, 0.1) is 23.6 Å². The highest BCUT2D eigenvalue weighted by Gasteiger charge is 2.29. The summed E-state index contributed by atoms with van der Waals surface area (Å²) >= 11 is 0. The molecule has 17 heavy (non-hydrogen) atoms. The summed E-state index contributed by atoms with van der Waals surface area (Å²) in [4.78, 5) is 14.0. The number of nitrogen functional groups attached to an aromatic ring is 1. The number of aryl methyl sites for hydroxylation is 1. The van der Waals surface area contributed by atoms with E-state index in [1.807, 2.05) is 13.8 Å². The standard InChI is InChI=1S/C11H18N4O2/c1-6-4-15(5-7(2)17-6)11(16)10-9(12)8(3)13-14-10/h6-7H,4-5,12H2,1-3H3,(H,13,14). The van der Waals surface area contributed by atoms with Crippen LogP contribution in [0, 0.1) is 6.92 Å². The van der Waals surface area contributed by atoms with E-state index in [0.717, 1.165) is 5.69 Å². The lowest BCUT2D eigenvalue weighted by Gasteiger charge is -2.34. The molecule has 2 atom stereocenters. The number of nitrogens with two attached hydrogens (primary N) is 1. The summed E-state index contributed by atoms with van der Waals surface area (Å²) in [6.45, 7) is 6.86. The van der Waals surface area contributed by atoms with E-state index in [4.69, 9.17) is 10.5 Å². The van der Waals surface area contributed by atoms with Crippen LogP contribution >= 0.6 is 0 Å². The third-order valence-corrected chi connectivity index (χ3v) is 2.90. The average Bonchev–Trinajstić information content (AvgIpc) is 2.57. The lowest BCUT2D eigenvalue weighted by Crippen LogP contribution is -2.48. The van der Waals surface area contributed by atoms with Crippen molar-refractivity contribution >= 4 is 11.6 Å². The number of carbonyl (C=O) groups excluding carboxylic acids is 1.